The van der Waals surface area contributed by atoms with Gasteiger partial charge in [0.05, 0.1) is 28.6 Å². The highest BCUT2D eigenvalue weighted by Crippen LogP contribution is 2.44. The number of carboxylic acids is 1. The van der Waals surface area contributed by atoms with Crippen LogP contribution in [0.5, 0.6) is 0 Å². The lowest BCUT2D eigenvalue weighted by atomic mass is 10.0. The van der Waals surface area contributed by atoms with Crippen LogP contribution in [0, 0.1) is 5.82 Å². The second kappa shape index (κ2) is 13.7. The number of amides is 3. The van der Waals surface area contributed by atoms with Gasteiger partial charge in [-0.2, -0.15) is 0 Å². The van der Waals surface area contributed by atoms with Crippen molar-refractivity contribution in [1.82, 2.24) is 10.2 Å². The lowest BCUT2D eigenvalue weighted by Gasteiger charge is -2.32. The van der Waals surface area contributed by atoms with Crippen molar-refractivity contribution in [3.8, 4) is 0 Å². The first kappa shape index (κ1) is 34.1. The number of urea groups is 1. The number of esters is 1. The maximum Gasteiger partial charge on any atom is 0.329 e. The molecule has 244 valence electrons. The first-order valence-corrected chi connectivity index (χ1v) is 16.1. The third-order valence-corrected chi connectivity index (χ3v) is 9.70. The second-order valence-corrected chi connectivity index (χ2v) is 14.1. The van der Waals surface area contributed by atoms with Gasteiger partial charge in [0.25, 0.3) is 0 Å². The summed E-state index contributed by atoms with van der Waals surface area (Å²) < 4.78 is 49.0. The van der Waals surface area contributed by atoms with Crippen molar-refractivity contribution in [2.75, 3.05) is 11.9 Å². The van der Waals surface area contributed by atoms with Gasteiger partial charge in [-0.1, -0.05) is 48.5 Å². The zero-order valence-corrected chi connectivity index (χ0v) is 26.6. The van der Waals surface area contributed by atoms with Gasteiger partial charge in [0, 0.05) is 11.3 Å². The van der Waals surface area contributed by atoms with Crippen LogP contribution in [0.4, 0.5) is 14.9 Å². The summed E-state index contributed by atoms with van der Waals surface area (Å²) in [6, 6.07) is 15.4. The van der Waals surface area contributed by atoms with Crippen LogP contribution in [0.15, 0.2) is 83.8 Å². The molecule has 3 N–H and O–H groups in total. The number of ether oxygens (including phenoxy) is 1. The highest BCUT2D eigenvalue weighted by molar-refractivity contribution is 7.92. The smallest absolute Gasteiger partial charge is 0.329 e. The van der Waals surface area contributed by atoms with Gasteiger partial charge in [0.2, 0.25) is 5.91 Å². The van der Waals surface area contributed by atoms with E-state index in [-0.39, 0.29) is 22.6 Å². The molecule has 4 rings (SSSR count). The molecule has 46 heavy (non-hydrogen) atoms. The molecule has 0 spiro atoms. The number of rotatable bonds is 9. The Morgan fingerprint density at radius 3 is 2.28 bits per heavy atom. The third-order valence-electron chi connectivity index (χ3n) is 7.52. The average Bonchev–Trinajstić information content (AvgIpc) is 3.41. The highest BCUT2D eigenvalue weighted by Gasteiger charge is 2.54. The van der Waals surface area contributed by atoms with Gasteiger partial charge in [-0.15, -0.1) is 0 Å². The summed E-state index contributed by atoms with van der Waals surface area (Å²) in [6.45, 7) is 5.68. The fraction of sp³-hybridized carbons (Fsp3) is 0.333. The fourth-order valence-corrected chi connectivity index (χ4v) is 7.28. The van der Waals surface area contributed by atoms with Crippen molar-refractivity contribution in [3.63, 3.8) is 0 Å². The third kappa shape index (κ3) is 7.71. The van der Waals surface area contributed by atoms with Gasteiger partial charge < -0.3 is 25.4 Å². The number of likely N-dealkylation sites (tertiary alicyclic amines) is 1. The van der Waals surface area contributed by atoms with Crippen molar-refractivity contribution in [2.24, 2.45) is 0 Å². The quantitative estimate of drug-likeness (QED) is 0.281. The Morgan fingerprint density at radius 2 is 1.65 bits per heavy atom. The van der Waals surface area contributed by atoms with Crippen LogP contribution >= 0.6 is 0 Å². The number of carbonyl (C=O) groups excluding carboxylic acids is 3. The molecule has 1 unspecified atom stereocenters. The molecular formula is C33H36FN3O8S. The molecule has 0 radical (unpaired) electrons. The molecule has 1 saturated heterocycles. The largest absolute Gasteiger partial charge is 0.481 e. The van der Waals surface area contributed by atoms with E-state index in [1.54, 1.807) is 39.0 Å². The topological polar surface area (TPSA) is 159 Å². The molecule has 3 amide bonds. The summed E-state index contributed by atoms with van der Waals surface area (Å²) in [6.07, 6.45) is -0.377. The number of carbonyl (C=O) groups is 4. The van der Waals surface area contributed by atoms with Gasteiger partial charge in [-0.25, -0.2) is 22.4 Å². The minimum atomic E-state index is -4.23. The number of halogens is 1. The number of anilines is 1. The molecule has 1 heterocycles. The summed E-state index contributed by atoms with van der Waals surface area (Å²) in [4.78, 5) is 52.5. The number of hydrogen-bond donors (Lipinski definition) is 3. The number of aliphatic carboxylic acids is 1. The van der Waals surface area contributed by atoms with E-state index in [4.69, 9.17) is 4.74 Å². The zero-order valence-electron chi connectivity index (χ0n) is 25.8. The van der Waals surface area contributed by atoms with Crippen molar-refractivity contribution >= 4 is 39.4 Å². The molecule has 4 atom stereocenters. The molecule has 1 fully saturated rings. The normalized spacial score (nSPS) is 18.8. The van der Waals surface area contributed by atoms with E-state index in [1.165, 1.54) is 61.5 Å². The number of sulfone groups is 1. The fourth-order valence-electron chi connectivity index (χ4n) is 5.34. The number of nitrogens with one attached hydrogen (secondary N) is 2. The standard InChI is InChI=1S/C33H36FN3O8S/c1-20(30(39)40)21-11-10-12-22(17-21)36-32(42)35-19-28(38)37-26(31(41)45-33(2,3)4)18-27(29(37)24-15-8-9-16-25(24)34)46(43,44)23-13-6-5-7-14-23/h5-17,20,26-27,29H,18-19H2,1-4H3,(H,39,40)(H2,35,36,42)/t20-,26?,27+,29-/m1/s1. The first-order valence-electron chi connectivity index (χ1n) is 14.5. The van der Waals surface area contributed by atoms with E-state index in [0.717, 1.165) is 11.0 Å². The minimum Gasteiger partial charge on any atom is -0.481 e. The summed E-state index contributed by atoms with van der Waals surface area (Å²) in [7, 11) is -4.23. The maximum atomic E-state index is 15.4. The Bertz CT molecular complexity index is 1730. The van der Waals surface area contributed by atoms with E-state index in [1.807, 2.05) is 0 Å². The lowest BCUT2D eigenvalue weighted by Crippen LogP contribution is -2.49. The Balaban J connectivity index is 1.68. The summed E-state index contributed by atoms with van der Waals surface area (Å²) in [5.74, 6) is -4.37. The van der Waals surface area contributed by atoms with Crippen LogP contribution < -0.4 is 10.6 Å². The summed E-state index contributed by atoms with van der Waals surface area (Å²) in [5, 5.41) is 12.8. The average molecular weight is 654 g/mol. The zero-order chi connectivity index (χ0) is 33.8. The molecule has 0 aromatic heterocycles. The van der Waals surface area contributed by atoms with Crippen LogP contribution in [-0.2, 0) is 29.0 Å². The molecular weight excluding hydrogens is 617 g/mol. The Labute approximate surface area is 266 Å². The molecule has 0 saturated carbocycles. The summed E-state index contributed by atoms with van der Waals surface area (Å²) in [5.41, 5.74) is -0.389. The van der Waals surface area contributed by atoms with Gasteiger partial charge >= 0.3 is 18.0 Å². The predicted octanol–water partition coefficient (Wildman–Crippen LogP) is 4.66. The van der Waals surface area contributed by atoms with Crippen LogP contribution in [0.1, 0.15) is 57.2 Å². The molecule has 13 heteroatoms. The van der Waals surface area contributed by atoms with Crippen LogP contribution in [0.3, 0.4) is 0 Å². The molecule has 11 nitrogen and oxygen atoms in total. The molecule has 3 aromatic rings. The van der Waals surface area contributed by atoms with Crippen molar-refractivity contribution in [2.45, 2.75) is 67.9 Å². The van der Waals surface area contributed by atoms with E-state index in [2.05, 4.69) is 10.6 Å². The SMILES string of the molecule is C[C@@H](C(=O)O)c1cccc(NC(=O)NCC(=O)N2C(C(=O)OC(C)(C)C)C[C@H](S(=O)(=O)c3ccccc3)[C@H]2c2ccccc2F)c1. The molecule has 0 bridgehead atoms. The summed E-state index contributed by atoms with van der Waals surface area (Å²) >= 11 is 0. The number of benzene rings is 3. The Hall–Kier alpha value is -4.78. The van der Waals surface area contributed by atoms with E-state index in [9.17, 15) is 32.7 Å². The van der Waals surface area contributed by atoms with Crippen molar-refractivity contribution in [3.05, 3.63) is 95.8 Å². The van der Waals surface area contributed by atoms with E-state index in [0.29, 0.717) is 5.56 Å². The monoisotopic (exact) mass is 653 g/mol. The lowest BCUT2D eigenvalue weighted by molar-refractivity contribution is -0.164. The van der Waals surface area contributed by atoms with Crippen molar-refractivity contribution in [1.29, 1.82) is 0 Å². The molecule has 1 aliphatic heterocycles. The Kier molecular flexibility index (Phi) is 10.1. The Morgan fingerprint density at radius 1 is 1.00 bits per heavy atom. The number of carboxylic acid groups (broad SMARTS) is 1. The van der Waals surface area contributed by atoms with E-state index < -0.39 is 74.9 Å². The van der Waals surface area contributed by atoms with Gasteiger partial charge in [-0.3, -0.25) is 9.59 Å². The van der Waals surface area contributed by atoms with Crippen molar-refractivity contribution < 1.29 is 41.8 Å². The molecule has 3 aromatic carbocycles. The van der Waals surface area contributed by atoms with Gasteiger partial charge in [-0.05, 0) is 70.0 Å². The first-order chi connectivity index (χ1) is 21.6. The highest BCUT2D eigenvalue weighted by atomic mass is 32.2. The molecule has 0 aliphatic carbocycles. The van der Waals surface area contributed by atoms with E-state index >= 15 is 4.39 Å². The number of hydrogen-bond acceptors (Lipinski definition) is 7. The number of nitrogens with zero attached hydrogens (tertiary/aromatic N) is 1. The second-order valence-electron chi connectivity index (χ2n) is 11.9. The predicted molar refractivity (Wildman–Crippen MR) is 167 cm³/mol. The van der Waals surface area contributed by atoms with Gasteiger partial charge in [0.1, 0.15) is 17.5 Å². The maximum absolute atomic E-state index is 15.4. The van der Waals surface area contributed by atoms with Gasteiger partial charge in [0.15, 0.2) is 9.84 Å². The molecule has 1 aliphatic rings. The van der Waals surface area contributed by atoms with Crippen LogP contribution in [-0.4, -0.2) is 65.7 Å². The minimum absolute atomic E-state index is 0.0597. The van der Waals surface area contributed by atoms with Crippen LogP contribution in [0.2, 0.25) is 0 Å². The van der Waals surface area contributed by atoms with Crippen LogP contribution in [0.25, 0.3) is 0 Å².